The van der Waals surface area contributed by atoms with E-state index in [1.807, 2.05) is 0 Å². The summed E-state index contributed by atoms with van der Waals surface area (Å²) in [6, 6.07) is 4.79. The van der Waals surface area contributed by atoms with E-state index in [9.17, 15) is 5.11 Å². The third-order valence-electron chi connectivity index (χ3n) is 5.51. The summed E-state index contributed by atoms with van der Waals surface area (Å²) in [6.07, 6.45) is 3.76. The molecule has 122 valence electrons. The highest BCUT2D eigenvalue weighted by Crippen LogP contribution is 2.50. The summed E-state index contributed by atoms with van der Waals surface area (Å²) in [5.41, 5.74) is 1.46. The molecule has 0 radical (unpaired) electrons. The molecule has 0 bridgehead atoms. The Bertz CT molecular complexity index is 565. The lowest BCUT2D eigenvalue weighted by Crippen LogP contribution is -2.47. The summed E-state index contributed by atoms with van der Waals surface area (Å²) in [5.74, 6) is 1.61. The van der Waals surface area contributed by atoms with Crippen LogP contribution in [-0.4, -0.2) is 50.0 Å². The Labute approximate surface area is 145 Å². The Hall–Kier alpha value is -0.530. The summed E-state index contributed by atoms with van der Waals surface area (Å²) < 4.78 is 12.1. The van der Waals surface area contributed by atoms with Crippen molar-refractivity contribution >= 4 is 22.6 Å². The third kappa shape index (κ3) is 2.51. The van der Waals surface area contributed by atoms with Gasteiger partial charge in [0, 0.05) is 11.5 Å². The summed E-state index contributed by atoms with van der Waals surface area (Å²) >= 11 is 2.32. The van der Waals surface area contributed by atoms with Crippen LogP contribution in [0.2, 0.25) is 0 Å². The maximum absolute atomic E-state index is 10.1. The van der Waals surface area contributed by atoms with Crippen LogP contribution in [0.1, 0.15) is 31.2 Å². The Kier molecular flexibility index (Phi) is 4.58. The molecule has 2 aliphatic rings. The topological polar surface area (TPSA) is 41.9 Å². The fraction of sp³-hybridized carbons (Fsp3) is 0.647. The monoisotopic (exact) mass is 417 g/mol. The number of likely N-dealkylation sites (tertiary alicyclic amines) is 1. The van der Waals surface area contributed by atoms with Gasteiger partial charge in [0.25, 0.3) is 0 Å². The molecule has 0 aromatic heterocycles. The zero-order valence-electron chi connectivity index (χ0n) is 13.4. The molecule has 1 saturated heterocycles. The largest absolute Gasteiger partial charge is 0.493 e. The van der Waals surface area contributed by atoms with Crippen LogP contribution in [0.3, 0.4) is 0 Å². The molecule has 3 atom stereocenters. The van der Waals surface area contributed by atoms with Crippen LogP contribution < -0.4 is 9.47 Å². The van der Waals surface area contributed by atoms with E-state index in [1.165, 1.54) is 5.56 Å². The fourth-order valence-corrected chi connectivity index (χ4v) is 5.13. The Morgan fingerprint density at radius 1 is 1.27 bits per heavy atom. The number of fused-ring (bicyclic) bond motifs is 1. The van der Waals surface area contributed by atoms with Crippen LogP contribution in [0.4, 0.5) is 0 Å². The predicted molar refractivity (Wildman–Crippen MR) is 94.8 cm³/mol. The molecule has 0 spiro atoms. The van der Waals surface area contributed by atoms with Gasteiger partial charge in [-0.2, -0.15) is 0 Å². The van der Waals surface area contributed by atoms with Crippen LogP contribution in [0.15, 0.2) is 12.1 Å². The molecule has 1 N–H and O–H groups in total. The van der Waals surface area contributed by atoms with E-state index in [1.54, 1.807) is 14.2 Å². The van der Waals surface area contributed by atoms with Gasteiger partial charge in [-0.25, -0.2) is 0 Å². The minimum atomic E-state index is -0.169. The van der Waals surface area contributed by atoms with E-state index in [0.29, 0.717) is 6.04 Å². The Morgan fingerprint density at radius 3 is 2.73 bits per heavy atom. The van der Waals surface area contributed by atoms with Crippen LogP contribution in [0.5, 0.6) is 11.5 Å². The number of halogens is 1. The van der Waals surface area contributed by atoms with Gasteiger partial charge in [-0.15, -0.1) is 0 Å². The van der Waals surface area contributed by atoms with Gasteiger partial charge in [-0.05, 0) is 79.6 Å². The molecule has 5 heteroatoms. The van der Waals surface area contributed by atoms with Gasteiger partial charge in [0.15, 0.2) is 11.5 Å². The van der Waals surface area contributed by atoms with Gasteiger partial charge < -0.3 is 19.5 Å². The summed E-state index contributed by atoms with van der Waals surface area (Å²) in [4.78, 5) is 2.41. The van der Waals surface area contributed by atoms with Crippen molar-refractivity contribution in [3.05, 3.63) is 21.3 Å². The summed E-state index contributed by atoms with van der Waals surface area (Å²) in [6.45, 7) is 1.09. The van der Waals surface area contributed by atoms with Gasteiger partial charge in [0.1, 0.15) is 0 Å². The standard InChI is InChI=1S/C17H24INO3/c1-19-7-6-17(5-4-12(20)10-15(17)19)11-8-13(18)16(22-3)14(9-11)21-2/h8-9,12,15,20H,4-7,10H2,1-3H3/t12-,15+,17+/m1/s1. The number of hydrogen-bond acceptors (Lipinski definition) is 4. The number of aliphatic hydroxyl groups excluding tert-OH is 1. The number of nitrogens with zero attached hydrogens (tertiary/aromatic N) is 1. The lowest BCUT2D eigenvalue weighted by molar-refractivity contribution is 0.0566. The molecule has 1 aromatic carbocycles. The van der Waals surface area contributed by atoms with E-state index < -0.39 is 0 Å². The number of rotatable bonds is 3. The normalized spacial score (nSPS) is 31.9. The summed E-state index contributed by atoms with van der Waals surface area (Å²) in [5, 5.41) is 10.1. The predicted octanol–water partition coefficient (Wildman–Crippen LogP) is 2.80. The number of likely N-dealkylation sites (N-methyl/N-ethyl adjacent to an activating group) is 1. The first-order valence-electron chi connectivity index (χ1n) is 7.82. The van der Waals surface area contributed by atoms with E-state index >= 15 is 0 Å². The smallest absolute Gasteiger partial charge is 0.174 e. The quantitative estimate of drug-likeness (QED) is 0.769. The summed E-state index contributed by atoms with van der Waals surface area (Å²) in [7, 11) is 5.55. The molecule has 0 unspecified atom stereocenters. The van der Waals surface area contributed by atoms with Gasteiger partial charge in [-0.3, -0.25) is 0 Å². The van der Waals surface area contributed by atoms with Crippen molar-refractivity contribution in [3.63, 3.8) is 0 Å². The molecular weight excluding hydrogens is 393 g/mol. The average molecular weight is 417 g/mol. The molecule has 1 aliphatic carbocycles. The van der Waals surface area contributed by atoms with Crippen LogP contribution >= 0.6 is 22.6 Å². The molecule has 0 amide bonds. The van der Waals surface area contributed by atoms with Crippen LogP contribution in [-0.2, 0) is 5.41 Å². The second-order valence-electron chi connectivity index (χ2n) is 6.52. The zero-order chi connectivity index (χ0) is 15.9. The Balaban J connectivity index is 2.07. The molecule has 1 heterocycles. The van der Waals surface area contributed by atoms with Gasteiger partial charge >= 0.3 is 0 Å². The minimum absolute atomic E-state index is 0.132. The number of benzene rings is 1. The van der Waals surface area contributed by atoms with E-state index in [2.05, 4.69) is 46.7 Å². The minimum Gasteiger partial charge on any atom is -0.493 e. The molecule has 2 fully saturated rings. The molecule has 1 aliphatic heterocycles. The van der Waals surface area contributed by atoms with Crippen molar-refractivity contribution in [2.75, 3.05) is 27.8 Å². The van der Waals surface area contributed by atoms with Crippen LogP contribution in [0, 0.1) is 3.57 Å². The highest BCUT2D eigenvalue weighted by molar-refractivity contribution is 14.1. The van der Waals surface area contributed by atoms with Crippen molar-refractivity contribution in [1.82, 2.24) is 4.90 Å². The van der Waals surface area contributed by atoms with E-state index in [-0.39, 0.29) is 11.5 Å². The second kappa shape index (κ2) is 6.17. The highest BCUT2D eigenvalue weighted by Gasteiger charge is 2.50. The average Bonchev–Trinajstić information content (AvgIpc) is 2.84. The molecule has 1 aromatic rings. The van der Waals surface area contributed by atoms with Crippen molar-refractivity contribution in [3.8, 4) is 11.5 Å². The zero-order valence-corrected chi connectivity index (χ0v) is 15.6. The molecule has 3 rings (SSSR count). The number of methoxy groups -OCH3 is 2. The maximum Gasteiger partial charge on any atom is 0.174 e. The number of ether oxygens (including phenoxy) is 2. The SMILES string of the molecule is COc1cc([C@@]23CC[C@@H](O)C[C@@H]2N(C)CC3)cc(I)c1OC. The van der Waals surface area contributed by atoms with Crippen LogP contribution in [0.25, 0.3) is 0 Å². The molecule has 22 heavy (non-hydrogen) atoms. The van der Waals surface area contributed by atoms with Gasteiger partial charge in [0.05, 0.1) is 23.9 Å². The second-order valence-corrected chi connectivity index (χ2v) is 7.69. The first kappa shape index (κ1) is 16.3. The first-order chi connectivity index (χ1) is 10.5. The van der Waals surface area contributed by atoms with Crippen molar-refractivity contribution in [1.29, 1.82) is 0 Å². The third-order valence-corrected chi connectivity index (χ3v) is 6.31. The number of hydrogen-bond donors (Lipinski definition) is 1. The van der Waals surface area contributed by atoms with Crippen molar-refractivity contribution in [2.45, 2.75) is 43.2 Å². The lowest BCUT2D eigenvalue weighted by atomic mass is 9.65. The van der Waals surface area contributed by atoms with Gasteiger partial charge in [-0.1, -0.05) is 0 Å². The van der Waals surface area contributed by atoms with Crippen molar-refractivity contribution in [2.24, 2.45) is 0 Å². The highest BCUT2D eigenvalue weighted by atomic mass is 127. The first-order valence-corrected chi connectivity index (χ1v) is 8.90. The lowest BCUT2D eigenvalue weighted by Gasteiger charge is -2.43. The molecule has 4 nitrogen and oxygen atoms in total. The Morgan fingerprint density at radius 2 is 2.05 bits per heavy atom. The molecule has 1 saturated carbocycles. The van der Waals surface area contributed by atoms with E-state index in [4.69, 9.17) is 9.47 Å². The number of aliphatic hydroxyl groups is 1. The maximum atomic E-state index is 10.1. The van der Waals surface area contributed by atoms with Crippen molar-refractivity contribution < 1.29 is 14.6 Å². The van der Waals surface area contributed by atoms with E-state index in [0.717, 1.165) is 47.3 Å². The molecular formula is C17H24INO3. The fourth-order valence-electron chi connectivity index (χ4n) is 4.30. The van der Waals surface area contributed by atoms with Gasteiger partial charge in [0.2, 0.25) is 0 Å².